The van der Waals surface area contributed by atoms with E-state index in [2.05, 4.69) is 20.6 Å². The molecule has 0 saturated heterocycles. The Labute approximate surface area is 123 Å². The molecular formula is C13H11FN6O2. The molecular weight excluding hydrogens is 291 g/mol. The number of amides is 1. The number of likely N-dealkylation sites (N-methyl/N-ethyl adjacent to an activating group) is 1. The van der Waals surface area contributed by atoms with Crippen molar-refractivity contribution in [1.29, 1.82) is 0 Å². The van der Waals surface area contributed by atoms with Gasteiger partial charge in [-0.3, -0.25) is 14.2 Å². The van der Waals surface area contributed by atoms with Crippen molar-refractivity contribution in [2.75, 3.05) is 7.05 Å². The number of hydrogen-bond donors (Lipinski definition) is 1. The first-order valence-corrected chi connectivity index (χ1v) is 6.37. The van der Waals surface area contributed by atoms with Crippen molar-refractivity contribution < 1.29 is 9.18 Å². The van der Waals surface area contributed by atoms with E-state index in [1.54, 1.807) is 6.07 Å². The first-order chi connectivity index (χ1) is 10.6. The van der Waals surface area contributed by atoms with Crippen molar-refractivity contribution >= 4 is 17.1 Å². The number of rotatable bonds is 3. The predicted molar refractivity (Wildman–Crippen MR) is 74.9 cm³/mol. The number of nitrogens with one attached hydrogen (secondary N) is 1. The maximum Gasteiger partial charge on any atom is 0.284 e. The van der Waals surface area contributed by atoms with Crippen molar-refractivity contribution in [3.05, 3.63) is 46.8 Å². The standard InChI is InChI=1S/C13H11FN6O2/c1-15-10(21)6-19-7-16-12-11(13(19)22)17-18-20(12)9-4-2-3-8(14)5-9/h2-5,7H,6H2,1H3,(H,15,21). The number of carbonyl (C=O) groups is 1. The number of nitrogens with zero attached hydrogens (tertiary/aromatic N) is 5. The van der Waals surface area contributed by atoms with Gasteiger partial charge in [-0.15, -0.1) is 5.10 Å². The minimum absolute atomic E-state index is 0.00987. The van der Waals surface area contributed by atoms with Gasteiger partial charge in [0, 0.05) is 7.05 Å². The molecule has 1 aromatic carbocycles. The number of carbonyl (C=O) groups excluding carboxylic acids is 1. The van der Waals surface area contributed by atoms with Gasteiger partial charge in [0.05, 0.1) is 5.69 Å². The molecule has 9 heteroatoms. The Kier molecular flexibility index (Phi) is 3.37. The Bertz CT molecular complexity index is 916. The molecule has 0 atom stereocenters. The van der Waals surface area contributed by atoms with Crippen LogP contribution < -0.4 is 10.9 Å². The molecule has 2 aromatic heterocycles. The van der Waals surface area contributed by atoms with Gasteiger partial charge in [0.2, 0.25) is 5.91 Å². The molecule has 0 radical (unpaired) electrons. The van der Waals surface area contributed by atoms with Crippen LogP contribution in [0, 0.1) is 5.82 Å². The normalized spacial score (nSPS) is 10.8. The van der Waals surface area contributed by atoms with Gasteiger partial charge < -0.3 is 5.32 Å². The lowest BCUT2D eigenvalue weighted by Crippen LogP contribution is -2.30. The van der Waals surface area contributed by atoms with E-state index >= 15 is 0 Å². The maximum absolute atomic E-state index is 13.3. The average molecular weight is 302 g/mol. The van der Waals surface area contributed by atoms with E-state index in [1.807, 2.05) is 0 Å². The Morgan fingerprint density at radius 1 is 1.41 bits per heavy atom. The predicted octanol–water partition coefficient (Wildman–Crippen LogP) is -0.138. The highest BCUT2D eigenvalue weighted by Crippen LogP contribution is 2.12. The third kappa shape index (κ3) is 2.32. The third-order valence-electron chi connectivity index (χ3n) is 3.07. The lowest BCUT2D eigenvalue weighted by Gasteiger charge is -2.04. The van der Waals surface area contributed by atoms with Gasteiger partial charge >= 0.3 is 0 Å². The van der Waals surface area contributed by atoms with E-state index < -0.39 is 11.4 Å². The summed E-state index contributed by atoms with van der Waals surface area (Å²) >= 11 is 0. The fourth-order valence-corrected chi connectivity index (χ4v) is 1.97. The molecule has 0 saturated carbocycles. The minimum Gasteiger partial charge on any atom is -0.358 e. The van der Waals surface area contributed by atoms with Crippen LogP contribution >= 0.6 is 0 Å². The van der Waals surface area contributed by atoms with Crippen LogP contribution in [0.25, 0.3) is 16.9 Å². The van der Waals surface area contributed by atoms with Gasteiger partial charge in [-0.2, -0.15) is 4.68 Å². The SMILES string of the molecule is CNC(=O)Cn1cnc2c(nnn2-c2cccc(F)c2)c1=O. The van der Waals surface area contributed by atoms with Gasteiger partial charge in [0.25, 0.3) is 5.56 Å². The van der Waals surface area contributed by atoms with Crippen LogP contribution in [0.15, 0.2) is 35.4 Å². The summed E-state index contributed by atoms with van der Waals surface area (Å²) in [5.74, 6) is -0.769. The van der Waals surface area contributed by atoms with Crippen molar-refractivity contribution in [3.63, 3.8) is 0 Å². The number of hydrogen-bond acceptors (Lipinski definition) is 5. The van der Waals surface area contributed by atoms with Gasteiger partial charge in [0.1, 0.15) is 18.7 Å². The summed E-state index contributed by atoms with van der Waals surface area (Å²) in [6.45, 7) is -0.162. The summed E-state index contributed by atoms with van der Waals surface area (Å²) in [6, 6.07) is 5.69. The van der Waals surface area contributed by atoms with Crippen LogP contribution in [0.4, 0.5) is 4.39 Å². The largest absolute Gasteiger partial charge is 0.358 e. The summed E-state index contributed by atoms with van der Waals surface area (Å²) in [6.07, 6.45) is 1.24. The zero-order valence-corrected chi connectivity index (χ0v) is 11.5. The molecule has 1 amide bonds. The summed E-state index contributed by atoms with van der Waals surface area (Å²) < 4.78 is 15.7. The first-order valence-electron chi connectivity index (χ1n) is 6.37. The molecule has 0 aliphatic carbocycles. The van der Waals surface area contributed by atoms with Gasteiger partial charge in [0.15, 0.2) is 11.2 Å². The van der Waals surface area contributed by atoms with Crippen molar-refractivity contribution in [3.8, 4) is 5.69 Å². The maximum atomic E-state index is 13.3. The molecule has 2 heterocycles. The van der Waals surface area contributed by atoms with E-state index in [0.29, 0.717) is 5.69 Å². The molecule has 112 valence electrons. The second kappa shape index (κ2) is 5.35. The molecule has 0 aliphatic rings. The summed E-state index contributed by atoms with van der Waals surface area (Å²) in [5, 5.41) is 10.0. The molecule has 3 rings (SSSR count). The molecule has 0 fully saturated rings. The number of aromatic nitrogens is 5. The van der Waals surface area contributed by atoms with Gasteiger partial charge in [-0.1, -0.05) is 11.3 Å². The third-order valence-corrected chi connectivity index (χ3v) is 3.07. The zero-order chi connectivity index (χ0) is 15.7. The van der Waals surface area contributed by atoms with Crippen LogP contribution in [-0.4, -0.2) is 37.5 Å². The van der Waals surface area contributed by atoms with Crippen LogP contribution in [-0.2, 0) is 11.3 Å². The van der Waals surface area contributed by atoms with Crippen LogP contribution in [0.2, 0.25) is 0 Å². The van der Waals surface area contributed by atoms with Crippen molar-refractivity contribution in [2.45, 2.75) is 6.54 Å². The second-order valence-corrected chi connectivity index (χ2v) is 4.50. The number of halogens is 1. The van der Waals surface area contributed by atoms with Gasteiger partial charge in [-0.25, -0.2) is 9.37 Å². The summed E-state index contributed by atoms with van der Waals surface area (Å²) in [4.78, 5) is 27.7. The first kappa shape index (κ1) is 13.9. The lowest BCUT2D eigenvalue weighted by atomic mass is 10.3. The molecule has 0 aliphatic heterocycles. The molecule has 3 aromatic rings. The number of fused-ring (bicyclic) bond motifs is 1. The smallest absolute Gasteiger partial charge is 0.284 e. The molecule has 0 unspecified atom stereocenters. The Balaban J connectivity index is 2.12. The van der Waals surface area contributed by atoms with Crippen LogP contribution in [0.1, 0.15) is 0 Å². The van der Waals surface area contributed by atoms with Crippen molar-refractivity contribution in [2.24, 2.45) is 0 Å². The lowest BCUT2D eigenvalue weighted by molar-refractivity contribution is -0.121. The molecule has 0 spiro atoms. The molecule has 8 nitrogen and oxygen atoms in total. The number of benzene rings is 1. The minimum atomic E-state index is -0.490. The summed E-state index contributed by atoms with van der Waals surface area (Å²) in [5.41, 5.74) is 0.120. The quantitative estimate of drug-likeness (QED) is 0.727. The second-order valence-electron chi connectivity index (χ2n) is 4.50. The molecule has 22 heavy (non-hydrogen) atoms. The highest BCUT2D eigenvalue weighted by Gasteiger charge is 2.14. The van der Waals surface area contributed by atoms with Crippen LogP contribution in [0.3, 0.4) is 0 Å². The summed E-state index contributed by atoms with van der Waals surface area (Å²) in [7, 11) is 1.47. The topological polar surface area (TPSA) is 94.7 Å². The van der Waals surface area contributed by atoms with Gasteiger partial charge in [-0.05, 0) is 18.2 Å². The van der Waals surface area contributed by atoms with E-state index in [0.717, 1.165) is 4.57 Å². The average Bonchev–Trinajstić information content (AvgIpc) is 2.94. The van der Waals surface area contributed by atoms with E-state index in [1.165, 1.54) is 36.3 Å². The Morgan fingerprint density at radius 2 is 2.23 bits per heavy atom. The fourth-order valence-electron chi connectivity index (χ4n) is 1.97. The fraction of sp³-hybridized carbons (Fsp3) is 0.154. The van der Waals surface area contributed by atoms with E-state index in [-0.39, 0.29) is 23.6 Å². The van der Waals surface area contributed by atoms with Crippen molar-refractivity contribution in [1.82, 2.24) is 29.9 Å². The zero-order valence-electron chi connectivity index (χ0n) is 11.5. The Hall–Kier alpha value is -3.10. The molecule has 0 bridgehead atoms. The monoisotopic (exact) mass is 302 g/mol. The van der Waals surface area contributed by atoms with Crippen LogP contribution in [0.5, 0.6) is 0 Å². The van der Waals surface area contributed by atoms with E-state index in [4.69, 9.17) is 0 Å². The molecule has 1 N–H and O–H groups in total. The highest BCUT2D eigenvalue weighted by molar-refractivity contribution is 5.76. The highest BCUT2D eigenvalue weighted by atomic mass is 19.1. The Morgan fingerprint density at radius 3 is 2.95 bits per heavy atom. The van der Waals surface area contributed by atoms with E-state index in [9.17, 15) is 14.0 Å².